The van der Waals surface area contributed by atoms with Crippen molar-refractivity contribution < 1.29 is 23.9 Å². The Morgan fingerprint density at radius 1 is 1.03 bits per heavy atom. The van der Waals surface area contributed by atoms with E-state index in [2.05, 4.69) is 21.2 Å². The number of nitrogens with zero attached hydrogens (tertiary/aromatic N) is 1. The number of carbonyl (C=O) groups excluding carboxylic acids is 3. The minimum absolute atomic E-state index is 0.178. The third-order valence-corrected chi connectivity index (χ3v) is 6.66. The summed E-state index contributed by atoms with van der Waals surface area (Å²) in [4.78, 5) is 39.6. The highest BCUT2D eigenvalue weighted by Crippen LogP contribution is 2.38. The van der Waals surface area contributed by atoms with Crippen LogP contribution in [0.1, 0.15) is 29.2 Å². The number of benzene rings is 3. The molecule has 3 aromatic carbocycles. The fraction of sp³-hybridized carbons (Fsp3) is 0.179. The third kappa shape index (κ3) is 5.70. The molecule has 0 aromatic heterocycles. The molecule has 0 unspecified atom stereocenters. The Kier molecular flexibility index (Phi) is 8.00. The fourth-order valence-electron chi connectivity index (χ4n) is 3.88. The van der Waals surface area contributed by atoms with Gasteiger partial charge in [-0.25, -0.2) is 9.69 Å². The predicted octanol–water partition coefficient (Wildman–Crippen LogP) is 6.36. The molecule has 0 bridgehead atoms. The van der Waals surface area contributed by atoms with Gasteiger partial charge in [-0.15, -0.1) is 0 Å². The maximum absolute atomic E-state index is 13.4. The van der Waals surface area contributed by atoms with Gasteiger partial charge in [-0.05, 0) is 95.4 Å². The van der Waals surface area contributed by atoms with Gasteiger partial charge in [0.25, 0.3) is 11.8 Å². The van der Waals surface area contributed by atoms with Crippen LogP contribution in [0.25, 0.3) is 6.08 Å². The van der Waals surface area contributed by atoms with Crippen molar-refractivity contribution in [2.45, 2.75) is 27.4 Å². The van der Waals surface area contributed by atoms with Crippen LogP contribution in [0.2, 0.25) is 5.02 Å². The topological polar surface area (TPSA) is 84.9 Å². The van der Waals surface area contributed by atoms with Gasteiger partial charge in [-0.2, -0.15) is 0 Å². The van der Waals surface area contributed by atoms with Crippen molar-refractivity contribution in [2.75, 3.05) is 11.5 Å². The van der Waals surface area contributed by atoms with Crippen molar-refractivity contribution in [3.05, 3.63) is 91.9 Å². The first kappa shape index (κ1) is 26.4. The van der Waals surface area contributed by atoms with Crippen LogP contribution >= 0.6 is 27.5 Å². The summed E-state index contributed by atoms with van der Waals surface area (Å²) in [6.07, 6.45) is 1.43. The van der Waals surface area contributed by atoms with Crippen molar-refractivity contribution in [3.63, 3.8) is 0 Å². The molecule has 0 spiro atoms. The smallest absolute Gasteiger partial charge is 0.335 e. The molecule has 190 valence electrons. The molecule has 1 aliphatic rings. The van der Waals surface area contributed by atoms with E-state index in [-0.39, 0.29) is 12.2 Å². The molecular weight excluding hydrogens is 560 g/mol. The Hall–Kier alpha value is -3.62. The average Bonchev–Trinajstić information content (AvgIpc) is 2.84. The van der Waals surface area contributed by atoms with E-state index in [1.165, 1.54) is 6.08 Å². The standard InChI is InChI=1S/C28H24BrClN2O5/c1-4-36-24-14-19(13-22(29)25(24)37-15-18-8-6-9-20(30)11-18)12-21-26(33)31-28(35)32(27(21)34)23-10-5-7-16(2)17(23)3/h5-14H,4,15H2,1-3H3,(H,31,33,35)/b21-12+. The Labute approximate surface area is 228 Å². The van der Waals surface area contributed by atoms with Crippen molar-refractivity contribution in [1.29, 1.82) is 0 Å². The number of rotatable bonds is 7. The quantitative estimate of drug-likeness (QED) is 0.258. The summed E-state index contributed by atoms with van der Waals surface area (Å²) >= 11 is 9.59. The highest BCUT2D eigenvalue weighted by Gasteiger charge is 2.37. The predicted molar refractivity (Wildman–Crippen MR) is 146 cm³/mol. The van der Waals surface area contributed by atoms with Gasteiger partial charge in [-0.3, -0.25) is 14.9 Å². The van der Waals surface area contributed by atoms with Crippen LogP contribution < -0.4 is 19.7 Å². The first-order chi connectivity index (χ1) is 17.7. The summed E-state index contributed by atoms with van der Waals surface area (Å²) in [7, 11) is 0. The van der Waals surface area contributed by atoms with Crippen LogP contribution in [0.5, 0.6) is 11.5 Å². The molecule has 4 rings (SSSR count). The number of halogens is 2. The fourth-order valence-corrected chi connectivity index (χ4v) is 4.66. The van der Waals surface area contributed by atoms with E-state index in [9.17, 15) is 14.4 Å². The summed E-state index contributed by atoms with van der Waals surface area (Å²) in [5.41, 5.74) is 3.32. The number of anilines is 1. The number of hydrogen-bond donors (Lipinski definition) is 1. The van der Waals surface area contributed by atoms with E-state index in [4.69, 9.17) is 21.1 Å². The van der Waals surface area contributed by atoms with Crippen LogP contribution in [0, 0.1) is 13.8 Å². The molecule has 0 aliphatic carbocycles. The molecule has 37 heavy (non-hydrogen) atoms. The number of carbonyl (C=O) groups is 3. The van der Waals surface area contributed by atoms with E-state index < -0.39 is 17.8 Å². The van der Waals surface area contributed by atoms with Gasteiger partial charge in [0.2, 0.25) is 0 Å². The van der Waals surface area contributed by atoms with Gasteiger partial charge in [0.1, 0.15) is 12.2 Å². The van der Waals surface area contributed by atoms with Gasteiger partial charge >= 0.3 is 6.03 Å². The number of amides is 4. The number of barbiturate groups is 1. The monoisotopic (exact) mass is 582 g/mol. The van der Waals surface area contributed by atoms with Crippen LogP contribution in [-0.2, 0) is 16.2 Å². The summed E-state index contributed by atoms with van der Waals surface area (Å²) in [5.74, 6) is -0.586. The highest BCUT2D eigenvalue weighted by molar-refractivity contribution is 9.10. The molecule has 0 saturated carbocycles. The van der Waals surface area contributed by atoms with Crippen LogP contribution in [0.15, 0.2) is 64.6 Å². The average molecular weight is 584 g/mol. The van der Waals surface area contributed by atoms with Crippen molar-refractivity contribution in [3.8, 4) is 11.5 Å². The lowest BCUT2D eigenvalue weighted by molar-refractivity contribution is -0.122. The molecule has 1 saturated heterocycles. The lowest BCUT2D eigenvalue weighted by Gasteiger charge is -2.28. The number of urea groups is 1. The Bertz CT molecular complexity index is 1440. The molecule has 0 radical (unpaired) electrons. The number of nitrogens with one attached hydrogen (secondary N) is 1. The molecule has 0 atom stereocenters. The number of aryl methyl sites for hydroxylation is 1. The van der Waals surface area contributed by atoms with Crippen molar-refractivity contribution in [1.82, 2.24) is 5.32 Å². The summed E-state index contributed by atoms with van der Waals surface area (Å²) in [5, 5.41) is 2.87. The first-order valence-electron chi connectivity index (χ1n) is 11.5. The number of imide groups is 2. The van der Waals surface area contributed by atoms with Gasteiger partial charge in [0.15, 0.2) is 11.5 Å². The highest BCUT2D eigenvalue weighted by atomic mass is 79.9. The Morgan fingerprint density at radius 2 is 1.78 bits per heavy atom. The minimum atomic E-state index is -0.790. The SMILES string of the molecule is CCOc1cc(/C=C2\C(=O)NC(=O)N(c3cccc(C)c3C)C2=O)cc(Br)c1OCc1cccc(Cl)c1. The van der Waals surface area contributed by atoms with Crippen LogP contribution in [-0.4, -0.2) is 24.5 Å². The van der Waals surface area contributed by atoms with Crippen molar-refractivity contribution >= 4 is 57.1 Å². The maximum Gasteiger partial charge on any atom is 0.335 e. The van der Waals surface area contributed by atoms with E-state index in [1.54, 1.807) is 30.3 Å². The zero-order valence-corrected chi connectivity index (χ0v) is 22.8. The Morgan fingerprint density at radius 3 is 2.51 bits per heavy atom. The first-order valence-corrected chi connectivity index (χ1v) is 12.7. The Balaban J connectivity index is 1.68. The van der Waals surface area contributed by atoms with E-state index in [1.807, 2.05) is 45.0 Å². The molecule has 3 aromatic rings. The lowest BCUT2D eigenvalue weighted by Crippen LogP contribution is -2.54. The van der Waals surface area contributed by atoms with Gasteiger partial charge in [-0.1, -0.05) is 35.9 Å². The summed E-state index contributed by atoms with van der Waals surface area (Å²) < 4.78 is 12.4. The molecule has 4 amide bonds. The largest absolute Gasteiger partial charge is 0.490 e. The number of ether oxygens (including phenoxy) is 2. The molecule has 1 fully saturated rings. The van der Waals surface area contributed by atoms with Crippen LogP contribution in [0.4, 0.5) is 10.5 Å². The number of hydrogen-bond acceptors (Lipinski definition) is 5. The van der Waals surface area contributed by atoms with E-state index >= 15 is 0 Å². The van der Waals surface area contributed by atoms with Gasteiger partial charge in [0, 0.05) is 5.02 Å². The van der Waals surface area contributed by atoms with Gasteiger partial charge in [0.05, 0.1) is 16.8 Å². The summed E-state index contributed by atoms with van der Waals surface area (Å²) in [6.45, 7) is 6.17. The second-order valence-corrected chi connectivity index (χ2v) is 9.65. The molecule has 1 heterocycles. The van der Waals surface area contributed by atoms with E-state index in [0.717, 1.165) is 21.6 Å². The zero-order valence-electron chi connectivity index (χ0n) is 20.4. The minimum Gasteiger partial charge on any atom is -0.490 e. The van der Waals surface area contributed by atoms with Gasteiger partial charge < -0.3 is 9.47 Å². The zero-order chi connectivity index (χ0) is 26.7. The maximum atomic E-state index is 13.4. The second kappa shape index (κ2) is 11.2. The molecule has 1 N–H and O–H groups in total. The second-order valence-electron chi connectivity index (χ2n) is 8.36. The normalized spacial score (nSPS) is 14.7. The summed E-state index contributed by atoms with van der Waals surface area (Å²) in [6, 6.07) is 15.2. The lowest BCUT2D eigenvalue weighted by atomic mass is 10.0. The molecular formula is C28H24BrClN2O5. The molecule has 9 heteroatoms. The van der Waals surface area contributed by atoms with E-state index in [0.29, 0.717) is 38.9 Å². The van der Waals surface area contributed by atoms with Crippen LogP contribution in [0.3, 0.4) is 0 Å². The van der Waals surface area contributed by atoms with Crippen molar-refractivity contribution in [2.24, 2.45) is 0 Å². The molecule has 7 nitrogen and oxygen atoms in total. The third-order valence-electron chi connectivity index (χ3n) is 5.83. The molecule has 1 aliphatic heterocycles.